The van der Waals surface area contributed by atoms with Gasteiger partial charge in [-0.1, -0.05) is 0 Å². The zero-order chi connectivity index (χ0) is 20.9. The van der Waals surface area contributed by atoms with Gasteiger partial charge in [0.25, 0.3) is 0 Å². The van der Waals surface area contributed by atoms with Gasteiger partial charge in [0.1, 0.15) is 0 Å². The van der Waals surface area contributed by atoms with Crippen molar-refractivity contribution >= 4 is 5.97 Å². The minimum atomic E-state index is -0.497. The lowest BCUT2D eigenvalue weighted by Gasteiger charge is -2.40. The Morgan fingerprint density at radius 1 is 1.17 bits per heavy atom. The van der Waals surface area contributed by atoms with Crippen LogP contribution in [-0.4, -0.2) is 69.2 Å². The maximum absolute atomic E-state index is 11.5. The minimum Gasteiger partial charge on any atom is -0.469 e. The van der Waals surface area contributed by atoms with Crippen molar-refractivity contribution in [2.75, 3.05) is 27.9 Å². The quantitative estimate of drug-likeness (QED) is 0.353. The van der Waals surface area contributed by atoms with Gasteiger partial charge in [0.2, 0.25) is 0 Å². The van der Waals surface area contributed by atoms with Crippen LogP contribution < -0.4 is 0 Å². The van der Waals surface area contributed by atoms with Crippen molar-refractivity contribution in [1.29, 1.82) is 0 Å². The van der Waals surface area contributed by atoms with E-state index in [1.54, 1.807) is 14.2 Å². The van der Waals surface area contributed by atoms with Crippen molar-refractivity contribution < 1.29 is 33.6 Å². The number of hydrogen-bond acceptors (Lipinski definition) is 7. The number of carbonyl (C=O) groups is 1. The van der Waals surface area contributed by atoms with Gasteiger partial charge < -0.3 is 28.8 Å². The number of esters is 1. The molecule has 7 heteroatoms. The molecule has 3 fully saturated rings. The van der Waals surface area contributed by atoms with Crippen LogP contribution in [0.3, 0.4) is 0 Å². The summed E-state index contributed by atoms with van der Waals surface area (Å²) in [6.45, 7) is 0.786. The van der Waals surface area contributed by atoms with Crippen molar-refractivity contribution in [2.24, 2.45) is 11.8 Å². The van der Waals surface area contributed by atoms with Crippen molar-refractivity contribution in [1.82, 2.24) is 0 Å². The first kappa shape index (κ1) is 22.9. The molecule has 2 saturated heterocycles. The molecule has 0 aromatic heterocycles. The molecule has 1 saturated carbocycles. The van der Waals surface area contributed by atoms with E-state index in [-0.39, 0.29) is 29.7 Å². The molecule has 1 N–H and O–H groups in total. The topological polar surface area (TPSA) is 83.5 Å². The summed E-state index contributed by atoms with van der Waals surface area (Å²) in [5.41, 5.74) is -0.323. The average Bonchev–Trinajstić information content (AvgIpc) is 3.11. The van der Waals surface area contributed by atoms with Crippen LogP contribution in [0.1, 0.15) is 64.2 Å². The Bertz CT molecular complexity index is 517. The number of methoxy groups -OCH3 is 3. The highest BCUT2D eigenvalue weighted by molar-refractivity contribution is 5.68. The molecule has 0 spiro atoms. The summed E-state index contributed by atoms with van der Waals surface area (Å²) in [7, 11) is 4.68. The highest BCUT2D eigenvalue weighted by Crippen LogP contribution is 2.50. The van der Waals surface area contributed by atoms with Crippen molar-refractivity contribution in [3.63, 3.8) is 0 Å². The standard InChI is InChI=1S/C22H38O7/c1-25-20(24)9-4-6-10-22(19-8-5-7-11-28-19)14-15-12-16(21(26-2)27-3)17(23)13-18(15)29-22/h15-19,21,23H,4-14H2,1-3H3. The second kappa shape index (κ2) is 10.5. The zero-order valence-corrected chi connectivity index (χ0v) is 18.1. The lowest BCUT2D eigenvalue weighted by Crippen LogP contribution is -2.46. The highest BCUT2D eigenvalue weighted by Gasteiger charge is 2.55. The van der Waals surface area contributed by atoms with Gasteiger partial charge in [0, 0.05) is 39.6 Å². The van der Waals surface area contributed by atoms with Gasteiger partial charge in [-0.15, -0.1) is 0 Å². The molecule has 29 heavy (non-hydrogen) atoms. The van der Waals surface area contributed by atoms with Crippen LogP contribution in [0.5, 0.6) is 0 Å². The molecule has 0 aromatic rings. The largest absolute Gasteiger partial charge is 0.469 e. The molecule has 3 rings (SSSR count). The van der Waals surface area contributed by atoms with Crippen LogP contribution in [0.25, 0.3) is 0 Å². The molecule has 3 aliphatic rings. The van der Waals surface area contributed by atoms with Crippen LogP contribution in [0.2, 0.25) is 0 Å². The third kappa shape index (κ3) is 5.31. The second-order valence-corrected chi connectivity index (χ2v) is 8.87. The van der Waals surface area contributed by atoms with Crippen LogP contribution >= 0.6 is 0 Å². The molecule has 2 aliphatic heterocycles. The molecule has 0 bridgehead atoms. The van der Waals surface area contributed by atoms with Crippen LogP contribution in [-0.2, 0) is 28.5 Å². The van der Waals surface area contributed by atoms with Gasteiger partial charge >= 0.3 is 5.97 Å². The molecular weight excluding hydrogens is 376 g/mol. The minimum absolute atomic E-state index is 0.0433. The first-order valence-corrected chi connectivity index (χ1v) is 11.1. The Labute approximate surface area is 174 Å². The van der Waals surface area contributed by atoms with E-state index in [0.717, 1.165) is 58.0 Å². The summed E-state index contributed by atoms with van der Waals surface area (Å²) in [6, 6.07) is 0. The highest BCUT2D eigenvalue weighted by atomic mass is 16.7. The maximum Gasteiger partial charge on any atom is 0.305 e. The Balaban J connectivity index is 1.68. The predicted molar refractivity (Wildman–Crippen MR) is 106 cm³/mol. The molecular formula is C22H38O7. The van der Waals surface area contributed by atoms with Crippen LogP contribution in [0.15, 0.2) is 0 Å². The normalized spacial score (nSPS) is 37.5. The Hall–Kier alpha value is -0.730. The van der Waals surface area contributed by atoms with Gasteiger partial charge in [-0.25, -0.2) is 0 Å². The lowest BCUT2D eigenvalue weighted by atomic mass is 9.73. The number of hydrogen-bond donors (Lipinski definition) is 1. The first-order valence-electron chi connectivity index (χ1n) is 11.1. The number of rotatable bonds is 9. The Morgan fingerprint density at radius 2 is 1.97 bits per heavy atom. The molecule has 6 unspecified atom stereocenters. The van der Waals surface area contributed by atoms with E-state index in [9.17, 15) is 9.90 Å². The van der Waals surface area contributed by atoms with E-state index in [4.69, 9.17) is 23.7 Å². The molecule has 0 radical (unpaired) electrons. The van der Waals surface area contributed by atoms with Gasteiger partial charge in [-0.05, 0) is 57.3 Å². The van der Waals surface area contributed by atoms with Gasteiger partial charge in [0.15, 0.2) is 6.29 Å². The Kier molecular flexibility index (Phi) is 8.33. The number of ether oxygens (including phenoxy) is 5. The van der Waals surface area contributed by atoms with E-state index in [0.29, 0.717) is 18.8 Å². The number of fused-ring (bicyclic) bond motifs is 1. The maximum atomic E-state index is 11.5. The fourth-order valence-electron chi connectivity index (χ4n) is 5.64. The summed E-state index contributed by atoms with van der Waals surface area (Å²) < 4.78 is 28.6. The van der Waals surface area contributed by atoms with Gasteiger partial charge in [0.05, 0.1) is 31.0 Å². The molecule has 6 atom stereocenters. The molecule has 1 aliphatic carbocycles. The van der Waals surface area contributed by atoms with Crippen molar-refractivity contribution in [3.05, 3.63) is 0 Å². The van der Waals surface area contributed by atoms with Crippen LogP contribution in [0, 0.1) is 11.8 Å². The summed E-state index contributed by atoms with van der Waals surface area (Å²) in [5.74, 6) is 0.157. The summed E-state index contributed by atoms with van der Waals surface area (Å²) in [6.07, 6.45) is 7.90. The third-order valence-corrected chi connectivity index (χ3v) is 7.10. The third-order valence-electron chi connectivity index (χ3n) is 7.10. The molecule has 7 nitrogen and oxygen atoms in total. The van der Waals surface area contributed by atoms with Gasteiger partial charge in [-0.3, -0.25) is 4.79 Å². The van der Waals surface area contributed by atoms with E-state index >= 15 is 0 Å². The fourth-order valence-corrected chi connectivity index (χ4v) is 5.64. The average molecular weight is 415 g/mol. The Morgan fingerprint density at radius 3 is 2.62 bits per heavy atom. The first-order chi connectivity index (χ1) is 14.0. The van der Waals surface area contributed by atoms with E-state index < -0.39 is 12.4 Å². The monoisotopic (exact) mass is 414 g/mol. The van der Waals surface area contributed by atoms with E-state index in [2.05, 4.69) is 0 Å². The van der Waals surface area contributed by atoms with Crippen molar-refractivity contribution in [2.45, 2.75) is 94.4 Å². The molecule has 168 valence electrons. The number of carbonyl (C=O) groups excluding carboxylic acids is 1. The van der Waals surface area contributed by atoms with Gasteiger partial charge in [-0.2, -0.15) is 0 Å². The summed E-state index contributed by atoms with van der Waals surface area (Å²) >= 11 is 0. The number of unbranched alkanes of at least 4 members (excludes halogenated alkanes) is 1. The lowest BCUT2D eigenvalue weighted by molar-refractivity contribution is -0.192. The number of aliphatic hydroxyl groups excluding tert-OH is 1. The zero-order valence-electron chi connectivity index (χ0n) is 18.1. The predicted octanol–water partition coefficient (Wildman–Crippen LogP) is 2.82. The summed E-state index contributed by atoms with van der Waals surface area (Å²) in [5, 5.41) is 10.7. The van der Waals surface area contributed by atoms with Crippen molar-refractivity contribution in [3.8, 4) is 0 Å². The summed E-state index contributed by atoms with van der Waals surface area (Å²) in [4.78, 5) is 11.5. The molecule has 0 aromatic carbocycles. The fraction of sp³-hybridized carbons (Fsp3) is 0.955. The SMILES string of the molecule is COC(=O)CCCCC1(C2CCCCO2)CC2CC(C(OC)OC)C(O)CC2O1. The smallest absolute Gasteiger partial charge is 0.305 e. The van der Waals surface area contributed by atoms with E-state index in [1.807, 2.05) is 0 Å². The van der Waals surface area contributed by atoms with E-state index in [1.165, 1.54) is 7.11 Å². The number of aliphatic hydroxyl groups is 1. The van der Waals surface area contributed by atoms with Crippen LogP contribution in [0.4, 0.5) is 0 Å². The second-order valence-electron chi connectivity index (χ2n) is 8.87. The molecule has 0 amide bonds. The molecule has 2 heterocycles.